The minimum atomic E-state index is 0.495. The van der Waals surface area contributed by atoms with Crippen molar-refractivity contribution in [2.24, 2.45) is 0 Å². The van der Waals surface area contributed by atoms with Gasteiger partial charge in [0.05, 0.1) is 12.3 Å². The summed E-state index contributed by atoms with van der Waals surface area (Å²) in [7, 11) is 0. The summed E-state index contributed by atoms with van der Waals surface area (Å²) in [6.45, 7) is 4.68. The van der Waals surface area contributed by atoms with Crippen LogP contribution in [0.1, 0.15) is 29.2 Å². The van der Waals surface area contributed by atoms with Crippen molar-refractivity contribution in [1.29, 1.82) is 0 Å². The average Bonchev–Trinajstić information content (AvgIpc) is 2.88. The van der Waals surface area contributed by atoms with E-state index >= 15 is 0 Å². The normalized spacial score (nSPS) is 10.3. The Hall–Kier alpha value is -1.68. The van der Waals surface area contributed by atoms with Crippen LogP contribution in [0, 0.1) is 0 Å². The molecule has 2 aromatic rings. The molecule has 0 aliphatic heterocycles. The van der Waals surface area contributed by atoms with Crippen LogP contribution in [0.4, 0.5) is 0 Å². The lowest BCUT2D eigenvalue weighted by Gasteiger charge is -2.10. The van der Waals surface area contributed by atoms with E-state index in [1.54, 1.807) is 0 Å². The van der Waals surface area contributed by atoms with Crippen LogP contribution in [0.5, 0.6) is 5.75 Å². The first-order valence-corrected chi connectivity index (χ1v) is 6.83. The Bertz CT molecular complexity index is 548. The Kier molecular flexibility index (Phi) is 4.10. The number of thiazole rings is 1. The zero-order valence-corrected chi connectivity index (χ0v) is 11.3. The van der Waals surface area contributed by atoms with E-state index in [-0.39, 0.29) is 0 Å². The molecule has 0 saturated heterocycles. The van der Waals surface area contributed by atoms with Gasteiger partial charge in [-0.3, -0.25) is 4.79 Å². The SMILES string of the molecule is CCOc1ccc(CC)cc1-c1csc(C=O)n1. The van der Waals surface area contributed by atoms with Crippen molar-refractivity contribution in [1.82, 2.24) is 4.98 Å². The highest BCUT2D eigenvalue weighted by Gasteiger charge is 2.10. The number of carbonyl (C=O) groups excluding carboxylic acids is 1. The molecular formula is C14H15NO2S. The van der Waals surface area contributed by atoms with E-state index in [9.17, 15) is 4.79 Å². The van der Waals surface area contributed by atoms with Crippen LogP contribution in [-0.2, 0) is 6.42 Å². The number of hydrogen-bond donors (Lipinski definition) is 0. The number of carbonyl (C=O) groups is 1. The van der Waals surface area contributed by atoms with Crippen LogP contribution in [-0.4, -0.2) is 17.9 Å². The summed E-state index contributed by atoms with van der Waals surface area (Å²) < 4.78 is 5.61. The van der Waals surface area contributed by atoms with Gasteiger partial charge < -0.3 is 4.74 Å². The number of nitrogens with zero attached hydrogens (tertiary/aromatic N) is 1. The number of aryl methyl sites for hydroxylation is 1. The molecular weight excluding hydrogens is 246 g/mol. The molecule has 0 aliphatic rings. The Morgan fingerprint density at radius 1 is 1.39 bits per heavy atom. The number of benzene rings is 1. The van der Waals surface area contributed by atoms with E-state index in [1.807, 2.05) is 18.4 Å². The summed E-state index contributed by atoms with van der Waals surface area (Å²) >= 11 is 1.35. The Morgan fingerprint density at radius 3 is 2.83 bits per heavy atom. The highest BCUT2D eigenvalue weighted by atomic mass is 32.1. The van der Waals surface area contributed by atoms with Crippen molar-refractivity contribution >= 4 is 17.6 Å². The first-order chi connectivity index (χ1) is 8.78. The van der Waals surface area contributed by atoms with Crippen molar-refractivity contribution < 1.29 is 9.53 Å². The van der Waals surface area contributed by atoms with Gasteiger partial charge in [-0.05, 0) is 31.0 Å². The van der Waals surface area contributed by atoms with Gasteiger partial charge in [0.15, 0.2) is 11.3 Å². The topological polar surface area (TPSA) is 39.2 Å². The molecule has 0 unspecified atom stereocenters. The van der Waals surface area contributed by atoms with Gasteiger partial charge in [0.1, 0.15) is 5.75 Å². The molecule has 0 bridgehead atoms. The largest absolute Gasteiger partial charge is 0.493 e. The van der Waals surface area contributed by atoms with Crippen molar-refractivity contribution in [2.75, 3.05) is 6.61 Å². The summed E-state index contributed by atoms with van der Waals surface area (Å²) in [6.07, 6.45) is 1.74. The van der Waals surface area contributed by atoms with Crippen LogP contribution in [0.25, 0.3) is 11.3 Å². The van der Waals surface area contributed by atoms with E-state index < -0.39 is 0 Å². The fourth-order valence-electron chi connectivity index (χ4n) is 1.74. The molecule has 0 atom stereocenters. The fourth-order valence-corrected chi connectivity index (χ4v) is 2.36. The highest BCUT2D eigenvalue weighted by Crippen LogP contribution is 2.31. The Morgan fingerprint density at radius 2 is 2.22 bits per heavy atom. The molecule has 3 nitrogen and oxygen atoms in total. The Balaban J connectivity index is 2.47. The number of aromatic nitrogens is 1. The average molecular weight is 261 g/mol. The molecule has 1 aromatic carbocycles. The van der Waals surface area contributed by atoms with Crippen molar-refractivity contribution in [2.45, 2.75) is 20.3 Å². The summed E-state index contributed by atoms with van der Waals surface area (Å²) in [5.41, 5.74) is 3.00. The van der Waals surface area contributed by atoms with Gasteiger partial charge in [0.25, 0.3) is 0 Å². The lowest BCUT2D eigenvalue weighted by atomic mass is 10.1. The fraction of sp³-hybridized carbons (Fsp3) is 0.286. The summed E-state index contributed by atoms with van der Waals surface area (Å²) in [4.78, 5) is 15.0. The van der Waals surface area contributed by atoms with Gasteiger partial charge in [-0.2, -0.15) is 0 Å². The molecule has 0 radical (unpaired) electrons. The summed E-state index contributed by atoms with van der Waals surface area (Å²) in [5, 5.41) is 2.38. The predicted octanol–water partition coefficient (Wildman–Crippen LogP) is 3.58. The minimum Gasteiger partial charge on any atom is -0.493 e. The molecule has 1 heterocycles. The second-order valence-corrected chi connectivity index (χ2v) is 4.70. The van der Waals surface area contributed by atoms with Crippen molar-refractivity contribution in [3.63, 3.8) is 0 Å². The van der Waals surface area contributed by atoms with Crippen molar-refractivity contribution in [3.05, 3.63) is 34.2 Å². The predicted molar refractivity (Wildman–Crippen MR) is 73.5 cm³/mol. The number of hydrogen-bond acceptors (Lipinski definition) is 4. The van der Waals surface area contributed by atoms with Gasteiger partial charge in [0, 0.05) is 10.9 Å². The lowest BCUT2D eigenvalue weighted by molar-refractivity contribution is 0.112. The van der Waals surface area contributed by atoms with Crippen molar-refractivity contribution in [3.8, 4) is 17.0 Å². The molecule has 0 spiro atoms. The maximum atomic E-state index is 10.7. The van der Waals surface area contributed by atoms with Gasteiger partial charge in [-0.25, -0.2) is 4.98 Å². The van der Waals surface area contributed by atoms with Crippen LogP contribution in [0.2, 0.25) is 0 Å². The molecule has 0 aliphatic carbocycles. The van der Waals surface area contributed by atoms with E-state index in [0.29, 0.717) is 11.6 Å². The maximum Gasteiger partial charge on any atom is 0.178 e. The van der Waals surface area contributed by atoms with E-state index in [0.717, 1.165) is 29.7 Å². The van der Waals surface area contributed by atoms with Crippen LogP contribution >= 0.6 is 11.3 Å². The summed E-state index contributed by atoms with van der Waals surface area (Å²) in [5.74, 6) is 0.817. The molecule has 2 rings (SSSR count). The minimum absolute atomic E-state index is 0.495. The van der Waals surface area contributed by atoms with Gasteiger partial charge in [-0.1, -0.05) is 13.0 Å². The smallest absolute Gasteiger partial charge is 0.178 e. The third-order valence-corrected chi connectivity index (χ3v) is 3.42. The maximum absolute atomic E-state index is 10.7. The van der Waals surface area contributed by atoms with E-state index in [4.69, 9.17) is 4.74 Å². The van der Waals surface area contributed by atoms with E-state index in [2.05, 4.69) is 24.0 Å². The number of ether oxygens (including phenoxy) is 1. The van der Waals surface area contributed by atoms with Crippen LogP contribution in [0.3, 0.4) is 0 Å². The molecule has 0 amide bonds. The third kappa shape index (κ3) is 2.59. The molecule has 1 aromatic heterocycles. The number of aldehydes is 1. The zero-order valence-electron chi connectivity index (χ0n) is 10.5. The molecule has 18 heavy (non-hydrogen) atoms. The second kappa shape index (κ2) is 5.78. The highest BCUT2D eigenvalue weighted by molar-refractivity contribution is 7.11. The Labute approximate surface area is 110 Å². The van der Waals surface area contributed by atoms with E-state index in [1.165, 1.54) is 16.9 Å². The molecule has 0 fully saturated rings. The molecule has 94 valence electrons. The van der Waals surface area contributed by atoms with Gasteiger partial charge in [-0.15, -0.1) is 11.3 Å². The molecule has 4 heteroatoms. The first kappa shape index (κ1) is 12.8. The number of rotatable bonds is 5. The second-order valence-electron chi connectivity index (χ2n) is 3.81. The molecule has 0 saturated carbocycles. The van der Waals surface area contributed by atoms with Crippen LogP contribution in [0.15, 0.2) is 23.6 Å². The zero-order chi connectivity index (χ0) is 13.0. The monoisotopic (exact) mass is 261 g/mol. The lowest BCUT2D eigenvalue weighted by Crippen LogP contribution is -1.95. The summed E-state index contributed by atoms with van der Waals surface area (Å²) in [6, 6.07) is 6.10. The first-order valence-electron chi connectivity index (χ1n) is 5.95. The third-order valence-electron chi connectivity index (χ3n) is 2.65. The quantitative estimate of drug-likeness (QED) is 0.772. The van der Waals surface area contributed by atoms with Crippen LogP contribution < -0.4 is 4.74 Å². The van der Waals surface area contributed by atoms with Gasteiger partial charge in [0.2, 0.25) is 0 Å². The van der Waals surface area contributed by atoms with Gasteiger partial charge >= 0.3 is 0 Å². The molecule has 0 N–H and O–H groups in total. The standard InChI is InChI=1S/C14H15NO2S/c1-3-10-5-6-13(17-4-2)11(7-10)12-9-18-14(8-16)15-12/h5-9H,3-4H2,1-2H3.